The molecule has 0 aliphatic rings. The number of Topliss-reactive ketones (excluding diaryl/α,β-unsaturated/α-hetero) is 1. The van der Waals surface area contributed by atoms with Crippen molar-refractivity contribution in [2.24, 2.45) is 0 Å². The molecule has 0 saturated heterocycles. The second-order valence-electron chi connectivity index (χ2n) is 5.48. The lowest BCUT2D eigenvalue weighted by Crippen LogP contribution is -2.56. The molecule has 2 rings (SSSR count). The molecule has 1 aromatic heterocycles. The molecule has 27 heavy (non-hydrogen) atoms. The number of hydrogen-bond acceptors (Lipinski definition) is 2. The maximum absolute atomic E-state index is 14.5. The van der Waals surface area contributed by atoms with E-state index in [9.17, 15) is 44.3 Å². The first-order valence-corrected chi connectivity index (χ1v) is 7.00. The number of rotatable bonds is 4. The average Bonchev–Trinajstić information content (AvgIpc) is 2.53. The summed E-state index contributed by atoms with van der Waals surface area (Å²) < 4.78 is 118. The van der Waals surface area contributed by atoms with Crippen molar-refractivity contribution in [2.75, 3.05) is 0 Å². The molecule has 0 spiro atoms. The van der Waals surface area contributed by atoms with Crippen molar-refractivity contribution >= 4 is 5.78 Å². The van der Waals surface area contributed by atoms with Crippen LogP contribution in [-0.4, -0.2) is 28.8 Å². The number of ketones is 1. The lowest BCUT2D eigenvalue weighted by molar-refractivity contribution is -0.339. The lowest BCUT2D eigenvalue weighted by Gasteiger charge is -2.27. The van der Waals surface area contributed by atoms with Crippen molar-refractivity contribution < 1.29 is 44.3 Å². The van der Waals surface area contributed by atoms with E-state index < -0.39 is 46.6 Å². The van der Waals surface area contributed by atoms with E-state index in [1.54, 1.807) is 0 Å². The molecule has 0 radical (unpaired) electrons. The smallest absolute Gasteiger partial charge is 0.287 e. The molecule has 0 bridgehead atoms. The zero-order valence-electron chi connectivity index (χ0n) is 13.1. The molecule has 0 saturated carbocycles. The number of aryl methyl sites for hydroxylation is 1. The van der Waals surface area contributed by atoms with Gasteiger partial charge in [0.25, 0.3) is 0 Å². The fourth-order valence-corrected chi connectivity index (χ4v) is 2.12. The third kappa shape index (κ3) is 3.37. The minimum atomic E-state index is -6.84. The van der Waals surface area contributed by atoms with Crippen molar-refractivity contribution in [3.63, 3.8) is 0 Å². The van der Waals surface area contributed by atoms with Gasteiger partial charge in [0.1, 0.15) is 11.6 Å². The number of hydrogen-bond donors (Lipinski definition) is 0. The topological polar surface area (TPSA) is 30.0 Å². The standard InChI is InChI=1S/C16H8F9NO/c1-7-4-5-26-10(6-7)8-2-3-9(17)11(12(8)18)13(27)14(19,20)15(21,22)16(23,24)25/h2-6H,1H3. The van der Waals surface area contributed by atoms with Crippen LogP contribution in [0.5, 0.6) is 0 Å². The van der Waals surface area contributed by atoms with Crippen molar-refractivity contribution in [3.8, 4) is 11.3 Å². The summed E-state index contributed by atoms with van der Waals surface area (Å²) in [7, 11) is 0. The predicted octanol–water partition coefficient (Wildman–Crippen LogP) is 5.35. The Hall–Kier alpha value is -2.59. The maximum atomic E-state index is 14.5. The number of halogens is 9. The first-order valence-electron chi connectivity index (χ1n) is 7.00. The van der Waals surface area contributed by atoms with E-state index in [0.717, 1.165) is 6.20 Å². The second-order valence-corrected chi connectivity index (χ2v) is 5.48. The Morgan fingerprint density at radius 1 is 0.963 bits per heavy atom. The van der Waals surface area contributed by atoms with Gasteiger partial charge in [0.05, 0.1) is 11.3 Å². The molecule has 11 heteroatoms. The van der Waals surface area contributed by atoms with E-state index >= 15 is 0 Å². The third-order valence-electron chi connectivity index (χ3n) is 3.55. The molecule has 1 aromatic carbocycles. The van der Waals surface area contributed by atoms with Crippen LogP contribution in [0.15, 0.2) is 30.5 Å². The third-order valence-corrected chi connectivity index (χ3v) is 3.55. The van der Waals surface area contributed by atoms with Crippen molar-refractivity contribution in [2.45, 2.75) is 24.9 Å². The Labute approximate surface area is 145 Å². The van der Waals surface area contributed by atoms with Gasteiger partial charge < -0.3 is 0 Å². The molecule has 2 nitrogen and oxygen atoms in total. The lowest BCUT2D eigenvalue weighted by atomic mass is 9.96. The fourth-order valence-electron chi connectivity index (χ4n) is 2.12. The van der Waals surface area contributed by atoms with Gasteiger partial charge in [-0.25, -0.2) is 8.78 Å². The summed E-state index contributed by atoms with van der Waals surface area (Å²) in [4.78, 5) is 15.3. The van der Waals surface area contributed by atoms with Crippen molar-refractivity contribution in [1.29, 1.82) is 0 Å². The predicted molar refractivity (Wildman–Crippen MR) is 74.6 cm³/mol. The van der Waals surface area contributed by atoms with E-state index in [2.05, 4.69) is 4.98 Å². The first kappa shape index (κ1) is 20.7. The molecule has 0 amide bonds. The van der Waals surface area contributed by atoms with Crippen molar-refractivity contribution in [1.82, 2.24) is 4.98 Å². The molecule has 0 aliphatic carbocycles. The highest BCUT2D eigenvalue weighted by molar-refractivity contribution is 6.03. The highest BCUT2D eigenvalue weighted by Gasteiger charge is 2.76. The fraction of sp³-hybridized carbons (Fsp3) is 0.250. The Balaban J connectivity index is 2.65. The van der Waals surface area contributed by atoms with E-state index in [4.69, 9.17) is 0 Å². The van der Waals surface area contributed by atoms with Crippen LogP contribution in [0.4, 0.5) is 39.5 Å². The van der Waals surface area contributed by atoms with Crippen LogP contribution < -0.4 is 0 Å². The number of aromatic nitrogens is 1. The number of carbonyl (C=O) groups excluding carboxylic acids is 1. The molecule has 0 unspecified atom stereocenters. The number of pyridine rings is 1. The minimum absolute atomic E-state index is 0.271. The second kappa shape index (κ2) is 6.54. The Morgan fingerprint density at radius 2 is 1.56 bits per heavy atom. The number of alkyl halides is 7. The van der Waals surface area contributed by atoms with Gasteiger partial charge in [0.15, 0.2) is 0 Å². The van der Waals surface area contributed by atoms with Gasteiger partial charge in [-0.3, -0.25) is 9.78 Å². The maximum Gasteiger partial charge on any atom is 0.460 e. The largest absolute Gasteiger partial charge is 0.460 e. The summed E-state index contributed by atoms with van der Waals surface area (Å²) in [6, 6.07) is 3.63. The number of carbonyl (C=O) groups is 1. The average molecular weight is 401 g/mol. The Morgan fingerprint density at radius 3 is 2.07 bits per heavy atom. The van der Waals surface area contributed by atoms with Gasteiger partial charge in [-0.15, -0.1) is 0 Å². The van der Waals surface area contributed by atoms with E-state index in [1.807, 2.05) is 0 Å². The molecular formula is C16H8F9NO. The quantitative estimate of drug-likeness (QED) is 0.511. The summed E-state index contributed by atoms with van der Waals surface area (Å²) in [6.07, 6.45) is -5.67. The molecule has 146 valence electrons. The molecule has 0 atom stereocenters. The first-order chi connectivity index (χ1) is 12.2. The summed E-state index contributed by atoms with van der Waals surface area (Å²) >= 11 is 0. The highest BCUT2D eigenvalue weighted by atomic mass is 19.4. The van der Waals surface area contributed by atoms with E-state index in [1.165, 1.54) is 19.1 Å². The van der Waals surface area contributed by atoms with Gasteiger partial charge in [-0.2, -0.15) is 30.7 Å². The minimum Gasteiger partial charge on any atom is -0.287 e. The van der Waals surface area contributed by atoms with Crippen LogP contribution in [0.25, 0.3) is 11.3 Å². The molecule has 0 fully saturated rings. The zero-order chi connectivity index (χ0) is 20.8. The van der Waals surface area contributed by atoms with Gasteiger partial charge in [-0.05, 0) is 36.8 Å². The highest BCUT2D eigenvalue weighted by Crippen LogP contribution is 2.48. The Bertz CT molecular complexity index is 890. The van der Waals surface area contributed by atoms with Crippen LogP contribution in [-0.2, 0) is 0 Å². The Kier molecular flexibility index (Phi) is 5.02. The summed E-state index contributed by atoms with van der Waals surface area (Å²) in [5.74, 6) is -20.7. The van der Waals surface area contributed by atoms with E-state index in [0.29, 0.717) is 11.6 Å². The monoisotopic (exact) mass is 401 g/mol. The molecule has 2 aromatic rings. The number of benzene rings is 1. The summed E-state index contributed by atoms with van der Waals surface area (Å²) in [5, 5.41) is 0. The number of nitrogens with zero attached hydrogens (tertiary/aromatic N) is 1. The van der Waals surface area contributed by atoms with Crippen LogP contribution in [0.1, 0.15) is 15.9 Å². The van der Waals surface area contributed by atoms with Crippen LogP contribution in [0.3, 0.4) is 0 Å². The zero-order valence-corrected chi connectivity index (χ0v) is 13.1. The van der Waals surface area contributed by atoms with Crippen LogP contribution >= 0.6 is 0 Å². The molecule has 1 heterocycles. The van der Waals surface area contributed by atoms with E-state index in [-0.39, 0.29) is 11.8 Å². The van der Waals surface area contributed by atoms with Crippen molar-refractivity contribution in [3.05, 3.63) is 53.2 Å². The molecule has 0 aliphatic heterocycles. The van der Waals surface area contributed by atoms with Gasteiger partial charge in [0, 0.05) is 11.8 Å². The van der Waals surface area contributed by atoms with Gasteiger partial charge in [-0.1, -0.05) is 0 Å². The molecule has 0 N–H and O–H groups in total. The van der Waals surface area contributed by atoms with Gasteiger partial charge >= 0.3 is 18.0 Å². The van der Waals surface area contributed by atoms with Gasteiger partial charge in [0.2, 0.25) is 5.78 Å². The SMILES string of the molecule is Cc1ccnc(-c2ccc(F)c(C(=O)C(F)(F)C(F)(F)C(F)(F)F)c2F)c1. The summed E-state index contributed by atoms with van der Waals surface area (Å²) in [6.45, 7) is 1.52. The van der Waals surface area contributed by atoms with Crippen LogP contribution in [0, 0.1) is 18.6 Å². The molecular weight excluding hydrogens is 393 g/mol. The van der Waals surface area contributed by atoms with Crippen LogP contribution in [0.2, 0.25) is 0 Å². The normalized spacial score (nSPS) is 13.0. The summed E-state index contributed by atoms with van der Waals surface area (Å²) in [5.41, 5.74) is -2.72.